The van der Waals surface area contributed by atoms with Crippen LogP contribution in [0.2, 0.25) is 0 Å². The molecule has 0 saturated carbocycles. The predicted molar refractivity (Wildman–Crippen MR) is 105 cm³/mol. The zero-order chi connectivity index (χ0) is 19.0. The van der Waals surface area contributed by atoms with E-state index in [4.69, 9.17) is 11.6 Å². The monoisotopic (exact) mass is 368 g/mol. The molecule has 2 amide bonds. The van der Waals surface area contributed by atoms with E-state index in [1.54, 1.807) is 12.1 Å². The molecule has 0 spiro atoms. The zero-order valence-electron chi connectivity index (χ0n) is 15.3. The van der Waals surface area contributed by atoms with Crippen LogP contribution in [-0.4, -0.2) is 11.8 Å². The van der Waals surface area contributed by atoms with Gasteiger partial charge in [-0.25, -0.2) is 4.90 Å². The fourth-order valence-corrected chi connectivity index (χ4v) is 3.03. The number of imide groups is 1. The summed E-state index contributed by atoms with van der Waals surface area (Å²) in [5.74, 6) is -0.589. The molecule has 0 unspecified atom stereocenters. The van der Waals surface area contributed by atoms with Gasteiger partial charge in [0.05, 0.1) is 5.69 Å². The molecular formula is C21H21ClN2O2. The van der Waals surface area contributed by atoms with Crippen LogP contribution in [0.5, 0.6) is 0 Å². The van der Waals surface area contributed by atoms with E-state index in [-0.39, 0.29) is 10.7 Å². The Kier molecular flexibility index (Phi) is 4.88. The largest absolute Gasteiger partial charge is 0.350 e. The quantitative estimate of drug-likeness (QED) is 0.784. The predicted octanol–water partition coefficient (Wildman–Crippen LogP) is 4.86. The number of hydrogen-bond donors (Lipinski definition) is 1. The van der Waals surface area contributed by atoms with E-state index in [2.05, 4.69) is 19.2 Å². The third kappa shape index (κ3) is 3.25. The Morgan fingerprint density at radius 3 is 2.15 bits per heavy atom. The van der Waals surface area contributed by atoms with E-state index in [0.29, 0.717) is 11.6 Å². The summed E-state index contributed by atoms with van der Waals surface area (Å²) in [4.78, 5) is 26.4. The first kappa shape index (κ1) is 18.2. The number of benzene rings is 2. The molecule has 1 N–H and O–H groups in total. The molecule has 0 fully saturated rings. The summed E-state index contributed by atoms with van der Waals surface area (Å²) < 4.78 is 0. The van der Waals surface area contributed by atoms with Gasteiger partial charge in [-0.05, 0) is 60.7 Å². The minimum Gasteiger partial charge on any atom is -0.350 e. The highest BCUT2D eigenvalue weighted by Gasteiger charge is 2.38. The van der Waals surface area contributed by atoms with Gasteiger partial charge in [-0.3, -0.25) is 9.59 Å². The lowest BCUT2D eigenvalue weighted by Crippen LogP contribution is -2.32. The summed E-state index contributed by atoms with van der Waals surface area (Å²) >= 11 is 6.18. The first-order chi connectivity index (χ1) is 12.3. The van der Waals surface area contributed by atoms with Crippen LogP contribution < -0.4 is 10.2 Å². The molecule has 1 aliphatic heterocycles. The fourth-order valence-electron chi connectivity index (χ4n) is 2.82. The highest BCUT2D eigenvalue weighted by Crippen LogP contribution is 2.31. The first-order valence-electron chi connectivity index (χ1n) is 8.52. The number of carbonyl (C=O) groups excluding carboxylic acids is 2. The third-order valence-corrected chi connectivity index (χ3v) is 4.97. The number of aryl methyl sites for hydroxylation is 2. The highest BCUT2D eigenvalue weighted by molar-refractivity contribution is 6.53. The molecule has 2 aromatic carbocycles. The van der Waals surface area contributed by atoms with Gasteiger partial charge >= 0.3 is 0 Å². The smallest absolute Gasteiger partial charge is 0.283 e. The van der Waals surface area contributed by atoms with Crippen molar-refractivity contribution >= 4 is 34.8 Å². The zero-order valence-corrected chi connectivity index (χ0v) is 16.0. The van der Waals surface area contributed by atoms with Gasteiger partial charge in [0, 0.05) is 5.69 Å². The molecule has 1 heterocycles. The molecule has 0 atom stereocenters. The maximum Gasteiger partial charge on any atom is 0.283 e. The van der Waals surface area contributed by atoms with Crippen molar-refractivity contribution in [3.05, 3.63) is 69.9 Å². The van der Waals surface area contributed by atoms with Crippen LogP contribution in [-0.2, 0) is 9.59 Å². The second-order valence-corrected chi connectivity index (χ2v) is 7.18. The Morgan fingerprint density at radius 2 is 1.58 bits per heavy atom. The summed E-state index contributed by atoms with van der Waals surface area (Å²) in [6.45, 7) is 8.18. The SMILES string of the molecule is Cc1ccc(NC2=C(Cl)C(=O)N(c3ccc(C(C)C)cc3)C2=O)cc1C. The van der Waals surface area contributed by atoms with Gasteiger partial charge in [-0.15, -0.1) is 0 Å². The van der Waals surface area contributed by atoms with E-state index in [9.17, 15) is 9.59 Å². The van der Waals surface area contributed by atoms with Crippen molar-refractivity contribution < 1.29 is 9.59 Å². The molecule has 0 saturated heterocycles. The maximum absolute atomic E-state index is 12.8. The van der Waals surface area contributed by atoms with Crippen molar-refractivity contribution in [3.8, 4) is 0 Å². The van der Waals surface area contributed by atoms with Crippen LogP contribution in [0.15, 0.2) is 53.2 Å². The minimum atomic E-state index is -0.514. The van der Waals surface area contributed by atoms with Crippen LogP contribution in [0.4, 0.5) is 11.4 Å². The number of carbonyl (C=O) groups is 2. The van der Waals surface area contributed by atoms with Crippen molar-refractivity contribution in [1.29, 1.82) is 0 Å². The number of nitrogens with one attached hydrogen (secondary N) is 1. The lowest BCUT2D eigenvalue weighted by molar-refractivity contribution is -0.120. The molecule has 1 aliphatic rings. The maximum atomic E-state index is 12.8. The van der Waals surface area contributed by atoms with Gasteiger partial charge < -0.3 is 5.32 Å². The molecule has 134 valence electrons. The lowest BCUT2D eigenvalue weighted by Gasteiger charge is -2.16. The molecule has 3 rings (SSSR count). The first-order valence-corrected chi connectivity index (χ1v) is 8.90. The fraction of sp³-hybridized carbons (Fsp3) is 0.238. The lowest BCUT2D eigenvalue weighted by atomic mass is 10.0. The van der Waals surface area contributed by atoms with Crippen molar-refractivity contribution in [2.75, 3.05) is 10.2 Å². The molecule has 0 aromatic heterocycles. The number of rotatable bonds is 4. The number of amides is 2. The van der Waals surface area contributed by atoms with Crippen LogP contribution in [0, 0.1) is 13.8 Å². The summed E-state index contributed by atoms with van der Waals surface area (Å²) in [5.41, 5.74) is 4.72. The van der Waals surface area contributed by atoms with Crippen molar-refractivity contribution in [2.45, 2.75) is 33.6 Å². The van der Waals surface area contributed by atoms with Crippen LogP contribution in [0.1, 0.15) is 36.5 Å². The molecule has 0 aliphatic carbocycles. The van der Waals surface area contributed by atoms with E-state index < -0.39 is 11.8 Å². The molecule has 26 heavy (non-hydrogen) atoms. The van der Waals surface area contributed by atoms with E-state index in [1.165, 1.54) is 0 Å². The van der Waals surface area contributed by atoms with Crippen LogP contribution in [0.25, 0.3) is 0 Å². The molecule has 0 radical (unpaired) electrons. The van der Waals surface area contributed by atoms with Gasteiger partial charge in [0.2, 0.25) is 0 Å². The van der Waals surface area contributed by atoms with E-state index in [1.807, 2.05) is 44.2 Å². The summed E-state index contributed by atoms with van der Waals surface area (Å²) in [6.07, 6.45) is 0. The van der Waals surface area contributed by atoms with E-state index in [0.717, 1.165) is 27.3 Å². The van der Waals surface area contributed by atoms with Gasteiger partial charge in [-0.1, -0.05) is 43.6 Å². The summed E-state index contributed by atoms with van der Waals surface area (Å²) in [7, 11) is 0. The number of anilines is 2. The Morgan fingerprint density at radius 1 is 0.923 bits per heavy atom. The van der Waals surface area contributed by atoms with Crippen molar-refractivity contribution in [3.63, 3.8) is 0 Å². The standard InChI is InChI=1S/C21H21ClN2O2/c1-12(2)15-6-9-17(10-7-15)24-20(25)18(22)19(21(24)26)23-16-8-5-13(3)14(4)11-16/h5-12,23H,1-4H3. The van der Waals surface area contributed by atoms with Gasteiger partial charge in [0.25, 0.3) is 11.8 Å². The molecule has 4 nitrogen and oxygen atoms in total. The van der Waals surface area contributed by atoms with Gasteiger partial charge in [-0.2, -0.15) is 0 Å². The highest BCUT2D eigenvalue weighted by atomic mass is 35.5. The molecule has 5 heteroatoms. The second-order valence-electron chi connectivity index (χ2n) is 6.80. The average molecular weight is 369 g/mol. The Balaban J connectivity index is 1.88. The topological polar surface area (TPSA) is 49.4 Å². The minimum absolute atomic E-state index is 0.0961. The number of halogens is 1. The average Bonchev–Trinajstić information content (AvgIpc) is 2.82. The number of hydrogen-bond acceptors (Lipinski definition) is 3. The normalized spacial score (nSPS) is 14.6. The summed E-state index contributed by atoms with van der Waals surface area (Å²) in [5, 5.41) is 2.91. The Bertz CT molecular complexity index is 914. The Labute approximate surface area is 158 Å². The molecule has 2 aromatic rings. The summed E-state index contributed by atoms with van der Waals surface area (Å²) in [6, 6.07) is 13.1. The second kappa shape index (κ2) is 6.96. The van der Waals surface area contributed by atoms with Gasteiger partial charge in [0.15, 0.2) is 0 Å². The van der Waals surface area contributed by atoms with Crippen molar-refractivity contribution in [2.24, 2.45) is 0 Å². The van der Waals surface area contributed by atoms with Crippen molar-refractivity contribution in [1.82, 2.24) is 0 Å². The number of nitrogens with zero attached hydrogens (tertiary/aromatic N) is 1. The van der Waals surface area contributed by atoms with E-state index >= 15 is 0 Å². The van der Waals surface area contributed by atoms with Crippen LogP contribution in [0.3, 0.4) is 0 Å². The third-order valence-electron chi connectivity index (χ3n) is 4.62. The van der Waals surface area contributed by atoms with Gasteiger partial charge in [0.1, 0.15) is 10.7 Å². The molecular weight excluding hydrogens is 348 g/mol. The Hall–Kier alpha value is -2.59. The molecule has 0 bridgehead atoms. The van der Waals surface area contributed by atoms with Crippen LogP contribution >= 0.6 is 11.6 Å².